The summed E-state index contributed by atoms with van der Waals surface area (Å²) in [7, 11) is 0. The number of pyridine rings is 1. The third kappa shape index (κ3) is 4.01. The molecular weight excluding hydrogens is 498 g/mol. The van der Waals surface area contributed by atoms with Crippen LogP contribution in [-0.4, -0.2) is 44.1 Å². The van der Waals surface area contributed by atoms with E-state index in [1.165, 1.54) is 11.1 Å². The van der Waals surface area contributed by atoms with Gasteiger partial charge < -0.3 is 0 Å². The number of nitrogens with zero attached hydrogens (tertiary/aromatic N) is 9. The molecule has 0 fully saturated rings. The fourth-order valence-corrected chi connectivity index (χ4v) is 5.43. The van der Waals surface area contributed by atoms with Crippen molar-refractivity contribution in [2.75, 3.05) is 0 Å². The Morgan fingerprint density at radius 2 is 0.825 bits per heavy atom. The van der Waals surface area contributed by atoms with Crippen molar-refractivity contribution in [1.29, 1.82) is 0 Å². The highest BCUT2D eigenvalue weighted by atomic mass is 15.4. The Morgan fingerprint density at radius 3 is 1.23 bits per heavy atom. The van der Waals surface area contributed by atoms with Gasteiger partial charge in [-0.3, -0.25) is 4.68 Å². The number of hydrogen-bond donors (Lipinski definition) is 0. The molecule has 0 radical (unpaired) electrons. The molecule has 40 heavy (non-hydrogen) atoms. The van der Waals surface area contributed by atoms with Gasteiger partial charge in [0.2, 0.25) is 0 Å². The summed E-state index contributed by atoms with van der Waals surface area (Å²) in [4.78, 5) is 5.27. The van der Waals surface area contributed by atoms with E-state index in [4.69, 9.17) is 25.4 Å². The van der Waals surface area contributed by atoms with Gasteiger partial charge in [-0.05, 0) is 112 Å². The third-order valence-electron chi connectivity index (χ3n) is 9.03. The van der Waals surface area contributed by atoms with Crippen molar-refractivity contribution in [3.05, 3.63) is 79.1 Å². The molecule has 0 spiro atoms. The Hall–Kier alpha value is -4.01. The highest BCUT2D eigenvalue weighted by Crippen LogP contribution is 2.34. The number of aryl methyl sites for hydroxylation is 5. The van der Waals surface area contributed by atoms with E-state index in [0.29, 0.717) is 6.54 Å². The topological polar surface area (TPSA) is 84.2 Å². The highest BCUT2D eigenvalue weighted by Gasteiger charge is 2.28. The monoisotopic (exact) mass is 539 g/mol. The average molecular weight is 540 g/mol. The maximum absolute atomic E-state index is 5.27. The van der Waals surface area contributed by atoms with Gasteiger partial charge in [0.25, 0.3) is 0 Å². The summed E-state index contributed by atoms with van der Waals surface area (Å²) in [5, 5.41) is 20.0. The Morgan fingerprint density at radius 1 is 0.425 bits per heavy atom. The SMILES string of the molecule is Cc1nn(Cc2c(-n3nc(C)c(C)c3C)c(C)nc(-n3nc(C)c(C)c3C)c2-n2nc(C)c(C)c2C)c(C)c1C. The van der Waals surface area contributed by atoms with Crippen LogP contribution < -0.4 is 0 Å². The second-order valence-corrected chi connectivity index (χ2v) is 11.3. The van der Waals surface area contributed by atoms with Crippen LogP contribution >= 0.6 is 0 Å². The molecule has 5 rings (SSSR count). The first-order chi connectivity index (χ1) is 18.7. The van der Waals surface area contributed by atoms with E-state index in [9.17, 15) is 0 Å². The molecule has 0 aliphatic rings. The second kappa shape index (κ2) is 9.57. The molecule has 0 N–H and O–H groups in total. The van der Waals surface area contributed by atoms with Crippen LogP contribution in [0.25, 0.3) is 17.2 Å². The number of hydrogen-bond acceptors (Lipinski definition) is 5. The van der Waals surface area contributed by atoms with Crippen LogP contribution in [0, 0.1) is 90.0 Å². The lowest BCUT2D eigenvalue weighted by Crippen LogP contribution is -2.20. The van der Waals surface area contributed by atoms with Gasteiger partial charge >= 0.3 is 0 Å². The van der Waals surface area contributed by atoms with Gasteiger partial charge in [0.1, 0.15) is 5.69 Å². The van der Waals surface area contributed by atoms with Crippen LogP contribution in [0.2, 0.25) is 0 Å². The van der Waals surface area contributed by atoms with E-state index >= 15 is 0 Å². The number of aromatic nitrogens is 9. The van der Waals surface area contributed by atoms with E-state index in [-0.39, 0.29) is 0 Å². The quantitative estimate of drug-likeness (QED) is 0.278. The lowest BCUT2D eigenvalue weighted by atomic mass is 10.1. The van der Waals surface area contributed by atoms with Crippen molar-refractivity contribution in [2.45, 2.75) is 96.6 Å². The molecule has 0 atom stereocenters. The Kier molecular flexibility index (Phi) is 6.59. The normalized spacial score (nSPS) is 11.7. The average Bonchev–Trinajstić information content (AvgIpc) is 3.51. The molecule has 0 amide bonds. The van der Waals surface area contributed by atoms with E-state index in [0.717, 1.165) is 85.1 Å². The van der Waals surface area contributed by atoms with Gasteiger partial charge in [0.15, 0.2) is 5.82 Å². The minimum Gasteiger partial charge on any atom is -0.265 e. The van der Waals surface area contributed by atoms with Crippen molar-refractivity contribution in [2.24, 2.45) is 0 Å². The van der Waals surface area contributed by atoms with Crippen molar-refractivity contribution in [3.8, 4) is 17.2 Å². The molecule has 0 saturated heterocycles. The second-order valence-electron chi connectivity index (χ2n) is 11.3. The molecule has 5 heterocycles. The molecule has 0 aromatic carbocycles. The van der Waals surface area contributed by atoms with Crippen molar-refractivity contribution in [1.82, 2.24) is 44.1 Å². The fraction of sp³-hybridized carbons (Fsp3) is 0.452. The van der Waals surface area contributed by atoms with Gasteiger partial charge in [0, 0.05) is 28.3 Å². The molecule has 210 valence electrons. The zero-order chi connectivity index (χ0) is 29.4. The van der Waals surface area contributed by atoms with Gasteiger partial charge in [-0.1, -0.05) is 0 Å². The summed E-state index contributed by atoms with van der Waals surface area (Å²) >= 11 is 0. The van der Waals surface area contributed by atoms with Gasteiger partial charge in [-0.2, -0.15) is 20.4 Å². The van der Waals surface area contributed by atoms with Crippen LogP contribution in [0.1, 0.15) is 79.1 Å². The summed E-state index contributed by atoms with van der Waals surface area (Å²) in [6.45, 7) is 27.8. The predicted octanol–water partition coefficient (Wildman–Crippen LogP) is 5.89. The molecule has 0 unspecified atom stereocenters. The largest absolute Gasteiger partial charge is 0.265 e. The lowest BCUT2D eigenvalue weighted by molar-refractivity contribution is 0.638. The van der Waals surface area contributed by atoms with Crippen LogP contribution in [0.5, 0.6) is 0 Å². The summed E-state index contributed by atoms with van der Waals surface area (Å²) in [5.41, 5.74) is 16.9. The smallest absolute Gasteiger partial charge is 0.180 e. The molecule has 5 aromatic rings. The molecule has 0 aliphatic heterocycles. The molecular formula is C31H41N9. The van der Waals surface area contributed by atoms with Crippen LogP contribution in [-0.2, 0) is 6.54 Å². The number of rotatable bonds is 5. The Labute approximate surface area is 236 Å². The maximum atomic E-state index is 5.27. The summed E-state index contributed by atoms with van der Waals surface area (Å²) in [6, 6.07) is 0. The third-order valence-corrected chi connectivity index (χ3v) is 9.03. The first-order valence-electron chi connectivity index (χ1n) is 13.9. The molecule has 0 saturated carbocycles. The van der Waals surface area contributed by atoms with E-state index in [2.05, 4.69) is 92.4 Å². The highest BCUT2D eigenvalue weighted by molar-refractivity contribution is 5.64. The Bertz CT molecular complexity index is 1800. The maximum Gasteiger partial charge on any atom is 0.180 e. The van der Waals surface area contributed by atoms with E-state index in [1.807, 2.05) is 16.3 Å². The van der Waals surface area contributed by atoms with Crippen LogP contribution in [0.15, 0.2) is 0 Å². The first-order valence-corrected chi connectivity index (χ1v) is 13.9. The minimum absolute atomic E-state index is 0.536. The summed E-state index contributed by atoms with van der Waals surface area (Å²) < 4.78 is 8.18. The fourth-order valence-electron chi connectivity index (χ4n) is 5.43. The summed E-state index contributed by atoms with van der Waals surface area (Å²) in [5.74, 6) is 0.757. The van der Waals surface area contributed by atoms with Gasteiger partial charge in [-0.15, -0.1) is 0 Å². The molecule has 5 aromatic heterocycles. The van der Waals surface area contributed by atoms with Crippen molar-refractivity contribution >= 4 is 0 Å². The summed E-state index contributed by atoms with van der Waals surface area (Å²) in [6.07, 6.45) is 0. The molecule has 9 heteroatoms. The zero-order valence-electron chi connectivity index (χ0n) is 26.2. The molecule has 9 nitrogen and oxygen atoms in total. The molecule has 0 aliphatic carbocycles. The standard InChI is InChI=1S/C31H41N9/c1-15-19(5)33-37(24(15)10)14-28-29(38-25(11)16(2)20(6)34-38)23(9)32-31(40-27(13)18(4)22(8)36-40)30(28)39-26(12)17(3)21(7)35-39/h14H2,1-13H3. The Balaban J connectivity index is 1.99. The van der Waals surface area contributed by atoms with Crippen molar-refractivity contribution in [3.63, 3.8) is 0 Å². The van der Waals surface area contributed by atoms with E-state index < -0.39 is 0 Å². The molecule has 0 bridgehead atoms. The van der Waals surface area contributed by atoms with Gasteiger partial charge in [0.05, 0.1) is 40.7 Å². The van der Waals surface area contributed by atoms with Crippen LogP contribution in [0.4, 0.5) is 0 Å². The predicted molar refractivity (Wildman–Crippen MR) is 159 cm³/mol. The minimum atomic E-state index is 0.536. The van der Waals surface area contributed by atoms with Gasteiger partial charge in [-0.25, -0.2) is 19.0 Å². The van der Waals surface area contributed by atoms with Crippen LogP contribution in [0.3, 0.4) is 0 Å². The zero-order valence-corrected chi connectivity index (χ0v) is 26.2. The lowest BCUT2D eigenvalue weighted by Gasteiger charge is -2.23. The first kappa shape index (κ1) is 27.6. The van der Waals surface area contributed by atoms with E-state index in [1.54, 1.807) is 0 Å². The van der Waals surface area contributed by atoms with Crippen molar-refractivity contribution < 1.29 is 0 Å².